The van der Waals surface area contributed by atoms with Gasteiger partial charge in [-0.25, -0.2) is 0 Å². The molecule has 2 nitrogen and oxygen atoms in total. The second-order valence-electron chi connectivity index (χ2n) is 1.90. The van der Waals surface area contributed by atoms with E-state index in [9.17, 15) is 4.79 Å². The summed E-state index contributed by atoms with van der Waals surface area (Å²) in [5.74, 6) is -3.60. The fourth-order valence-corrected chi connectivity index (χ4v) is 0.708. The van der Waals surface area contributed by atoms with Crippen LogP contribution < -0.4 is 0 Å². The van der Waals surface area contributed by atoms with Gasteiger partial charge < -0.3 is 4.74 Å². The summed E-state index contributed by atoms with van der Waals surface area (Å²) in [5, 5.41) is 0. The van der Waals surface area contributed by atoms with Crippen molar-refractivity contribution in [2.45, 2.75) is 32.0 Å². The van der Waals surface area contributed by atoms with E-state index in [2.05, 4.69) is 4.74 Å². The Balaban J connectivity index is 3.30. The first-order chi connectivity index (χ1) is 7.44. The number of hydrogen-bond acceptors (Lipinski definition) is 2. The van der Waals surface area contributed by atoms with E-state index >= 15 is 0 Å². The van der Waals surface area contributed by atoms with Gasteiger partial charge in [-0.2, -0.15) is 0 Å². The van der Waals surface area contributed by atoms with E-state index < -0.39 is 43.8 Å². The van der Waals surface area contributed by atoms with Crippen LogP contribution in [0.2, 0.25) is 0 Å². The zero-order valence-electron chi connectivity index (χ0n) is 12.7. The van der Waals surface area contributed by atoms with Gasteiger partial charge in [0.25, 0.3) is 0 Å². The van der Waals surface area contributed by atoms with E-state index in [1.165, 1.54) is 0 Å². The van der Waals surface area contributed by atoms with Crippen LogP contribution in [0.15, 0.2) is 0 Å². The van der Waals surface area contributed by atoms with Crippen LogP contribution in [0.4, 0.5) is 0 Å². The molecule has 0 spiro atoms. The standard InChI is InChI=1S/C8H14O2/c1-10-8(9)7-5-3-2-4-6-7/h7H,2-6H2,1H3/i2D2,3D2,5D2,7D. The van der Waals surface area contributed by atoms with Crippen LogP contribution in [0.3, 0.4) is 0 Å². The van der Waals surface area contributed by atoms with Crippen LogP contribution in [0, 0.1) is 5.89 Å². The SMILES string of the molecule is [2H]C1([2H])CCC([2H])(C(=O)OC)C([2H])([2H])C1([2H])[2H]. The van der Waals surface area contributed by atoms with Gasteiger partial charge >= 0.3 is 5.97 Å². The van der Waals surface area contributed by atoms with Crippen LogP contribution in [0.5, 0.6) is 0 Å². The van der Waals surface area contributed by atoms with E-state index in [1.54, 1.807) is 0 Å². The number of hydrogen-bond donors (Lipinski definition) is 0. The maximum absolute atomic E-state index is 11.5. The molecule has 1 fully saturated rings. The van der Waals surface area contributed by atoms with Crippen molar-refractivity contribution in [1.29, 1.82) is 0 Å². The largest absolute Gasteiger partial charge is 0.469 e. The Hall–Kier alpha value is -0.530. The lowest BCUT2D eigenvalue weighted by Crippen LogP contribution is -2.18. The molecule has 0 aliphatic heterocycles. The summed E-state index contributed by atoms with van der Waals surface area (Å²) in [5.41, 5.74) is 0. The lowest BCUT2D eigenvalue weighted by atomic mass is 9.89. The molecular weight excluding hydrogens is 128 g/mol. The molecule has 1 atom stereocenters. The molecule has 0 aromatic carbocycles. The Kier molecular flexibility index (Phi) is 0.900. The average molecular weight is 149 g/mol. The van der Waals surface area contributed by atoms with Crippen LogP contribution in [0.25, 0.3) is 0 Å². The third kappa shape index (κ3) is 1.72. The van der Waals surface area contributed by atoms with Crippen molar-refractivity contribution in [2.24, 2.45) is 5.89 Å². The molecule has 0 aromatic rings. The predicted molar refractivity (Wildman–Crippen MR) is 38.6 cm³/mol. The van der Waals surface area contributed by atoms with Gasteiger partial charge in [0.2, 0.25) is 0 Å². The highest BCUT2D eigenvalue weighted by molar-refractivity contribution is 5.72. The monoisotopic (exact) mass is 149 g/mol. The van der Waals surface area contributed by atoms with Gasteiger partial charge in [0, 0.05) is 9.60 Å². The van der Waals surface area contributed by atoms with E-state index in [1.807, 2.05) is 0 Å². The number of methoxy groups -OCH3 is 1. The summed E-state index contributed by atoms with van der Waals surface area (Å²) in [6, 6.07) is 0. The molecule has 2 heteroatoms. The molecule has 0 radical (unpaired) electrons. The molecule has 1 aliphatic carbocycles. The van der Waals surface area contributed by atoms with Gasteiger partial charge in [-0.1, -0.05) is 19.2 Å². The Morgan fingerprint density at radius 1 is 1.80 bits per heavy atom. The predicted octanol–water partition coefficient (Wildman–Crippen LogP) is 1.74. The minimum atomic E-state index is -2.96. The average Bonchev–Trinajstić information content (AvgIpc) is 2.22. The van der Waals surface area contributed by atoms with E-state index in [4.69, 9.17) is 9.60 Å². The van der Waals surface area contributed by atoms with Crippen molar-refractivity contribution < 1.29 is 19.1 Å². The molecule has 0 amide bonds. The smallest absolute Gasteiger partial charge is 0.308 e. The Morgan fingerprint density at radius 2 is 2.60 bits per heavy atom. The van der Waals surface area contributed by atoms with Gasteiger partial charge in [-0.15, -0.1) is 0 Å². The number of rotatable bonds is 1. The van der Waals surface area contributed by atoms with Gasteiger partial charge in [0.1, 0.15) is 0 Å². The molecular formula is C8H14O2. The summed E-state index contributed by atoms with van der Waals surface area (Å²) in [7, 11) is 0.994. The number of esters is 1. The first-order valence-electron chi connectivity index (χ1n) is 6.52. The molecule has 1 saturated carbocycles. The second-order valence-corrected chi connectivity index (χ2v) is 1.90. The minimum absolute atomic E-state index is 0.405. The highest BCUT2D eigenvalue weighted by Crippen LogP contribution is 2.24. The molecule has 1 aliphatic rings. The van der Waals surface area contributed by atoms with Gasteiger partial charge in [-0.05, 0) is 12.8 Å². The highest BCUT2D eigenvalue weighted by Gasteiger charge is 2.20. The Bertz CT molecular complexity index is 341. The first-order valence-corrected chi connectivity index (χ1v) is 3.02. The van der Waals surface area contributed by atoms with Crippen LogP contribution in [-0.2, 0) is 9.53 Å². The number of ether oxygens (including phenoxy) is 1. The van der Waals surface area contributed by atoms with Crippen molar-refractivity contribution >= 4 is 5.97 Å². The number of carbonyl (C=O) groups excluding carboxylic acids is 1. The quantitative estimate of drug-likeness (QED) is 0.531. The van der Waals surface area contributed by atoms with Gasteiger partial charge in [0.05, 0.1) is 13.0 Å². The summed E-state index contributed by atoms with van der Waals surface area (Å²) in [6.07, 6.45) is -9.14. The maximum Gasteiger partial charge on any atom is 0.308 e. The number of carbonyl (C=O) groups is 1. The van der Waals surface area contributed by atoms with Crippen molar-refractivity contribution in [3.8, 4) is 0 Å². The zero-order chi connectivity index (χ0) is 13.7. The lowest BCUT2D eigenvalue weighted by molar-refractivity contribution is -0.146. The Labute approximate surface area is 71.4 Å². The van der Waals surface area contributed by atoms with Crippen molar-refractivity contribution in [3.63, 3.8) is 0 Å². The molecule has 0 aromatic heterocycles. The Morgan fingerprint density at radius 3 is 3.30 bits per heavy atom. The molecule has 0 heterocycles. The molecule has 0 saturated heterocycles. The van der Waals surface area contributed by atoms with Crippen LogP contribution in [0.1, 0.15) is 41.6 Å². The van der Waals surface area contributed by atoms with Crippen molar-refractivity contribution in [3.05, 3.63) is 0 Å². The molecule has 58 valence electrons. The van der Waals surface area contributed by atoms with E-state index in [0.29, 0.717) is 0 Å². The third-order valence-corrected chi connectivity index (χ3v) is 1.23. The van der Waals surface area contributed by atoms with Crippen molar-refractivity contribution in [1.82, 2.24) is 0 Å². The fourth-order valence-electron chi connectivity index (χ4n) is 0.708. The lowest BCUT2D eigenvalue weighted by Gasteiger charge is -2.18. The van der Waals surface area contributed by atoms with Crippen LogP contribution in [-0.4, -0.2) is 13.1 Å². The first kappa shape index (κ1) is 2.50. The third-order valence-electron chi connectivity index (χ3n) is 1.23. The minimum Gasteiger partial charge on any atom is -0.469 e. The van der Waals surface area contributed by atoms with Gasteiger partial charge in [-0.3, -0.25) is 4.79 Å². The zero-order valence-corrected chi connectivity index (χ0v) is 5.73. The maximum atomic E-state index is 11.5. The topological polar surface area (TPSA) is 26.3 Å². The highest BCUT2D eigenvalue weighted by atomic mass is 16.5. The molecule has 1 unspecified atom stereocenters. The molecule has 0 bridgehead atoms. The van der Waals surface area contributed by atoms with Crippen LogP contribution >= 0.6 is 0 Å². The van der Waals surface area contributed by atoms with E-state index in [0.717, 1.165) is 7.11 Å². The van der Waals surface area contributed by atoms with E-state index in [-0.39, 0.29) is 0 Å². The summed E-state index contributed by atoms with van der Waals surface area (Å²) in [4.78, 5) is 11.5. The normalized spacial score (nSPS) is 58.7. The second kappa shape index (κ2) is 3.59. The molecule has 0 N–H and O–H groups in total. The van der Waals surface area contributed by atoms with Gasteiger partial charge in [0.15, 0.2) is 0 Å². The molecule has 10 heavy (non-hydrogen) atoms. The summed E-state index contributed by atoms with van der Waals surface area (Å²) < 4.78 is 57.5. The fraction of sp³-hybridized carbons (Fsp3) is 0.875. The molecule has 1 rings (SSSR count). The van der Waals surface area contributed by atoms with Crippen molar-refractivity contribution in [2.75, 3.05) is 7.11 Å². The summed E-state index contributed by atoms with van der Waals surface area (Å²) >= 11 is 0. The summed E-state index contributed by atoms with van der Waals surface area (Å²) in [6.45, 7) is 0.